The van der Waals surface area contributed by atoms with Gasteiger partial charge in [0.05, 0.1) is 0 Å². The fraction of sp³-hybridized carbons (Fsp3) is 0.500. The number of Topliss-reactive ketones (excluding diaryl/α,β-unsaturated/α-hetero) is 1. The van der Waals surface area contributed by atoms with Gasteiger partial charge in [0.1, 0.15) is 0 Å². The second-order valence-electron chi connectivity index (χ2n) is 4.69. The largest absolute Gasteiger partial charge is 0.294 e. The Hall–Kier alpha value is -0.820. The molecule has 0 aliphatic heterocycles. The summed E-state index contributed by atoms with van der Waals surface area (Å²) >= 11 is 6.02. The number of halogens is 1. The monoisotopic (exact) mass is 236 g/mol. The molecule has 86 valence electrons. The number of ketones is 1. The molecule has 0 amide bonds. The van der Waals surface area contributed by atoms with Crippen LogP contribution in [-0.4, -0.2) is 5.78 Å². The zero-order valence-electron chi connectivity index (χ0n) is 9.63. The van der Waals surface area contributed by atoms with Crippen molar-refractivity contribution in [3.63, 3.8) is 0 Å². The molecule has 2 heteroatoms. The molecule has 0 saturated heterocycles. The van der Waals surface area contributed by atoms with E-state index in [9.17, 15) is 4.79 Å². The minimum atomic E-state index is 0.256. The fourth-order valence-corrected chi connectivity index (χ4v) is 2.67. The van der Waals surface area contributed by atoms with Crippen LogP contribution < -0.4 is 0 Å². The first-order chi connectivity index (χ1) is 7.68. The van der Waals surface area contributed by atoms with Gasteiger partial charge >= 0.3 is 0 Å². The zero-order chi connectivity index (χ0) is 11.5. The molecule has 1 aliphatic carbocycles. The van der Waals surface area contributed by atoms with Crippen molar-refractivity contribution in [1.29, 1.82) is 0 Å². The van der Waals surface area contributed by atoms with Gasteiger partial charge in [-0.25, -0.2) is 0 Å². The highest BCUT2D eigenvalue weighted by Gasteiger charge is 2.20. The highest BCUT2D eigenvalue weighted by Crippen LogP contribution is 2.29. The molecule has 1 aromatic rings. The lowest BCUT2D eigenvalue weighted by Gasteiger charge is -2.10. The molecule has 1 nitrogen and oxygen atoms in total. The molecule has 1 aromatic carbocycles. The van der Waals surface area contributed by atoms with Gasteiger partial charge in [-0.15, -0.1) is 0 Å². The third-order valence-corrected chi connectivity index (χ3v) is 3.93. The van der Waals surface area contributed by atoms with Crippen LogP contribution in [0.3, 0.4) is 0 Å². The van der Waals surface area contributed by atoms with Gasteiger partial charge < -0.3 is 0 Å². The van der Waals surface area contributed by atoms with Crippen molar-refractivity contribution in [2.24, 2.45) is 5.92 Å². The molecule has 1 saturated carbocycles. The Labute approximate surface area is 102 Å². The lowest BCUT2D eigenvalue weighted by atomic mass is 9.95. The normalized spacial score (nSPS) is 16.6. The molecule has 1 fully saturated rings. The zero-order valence-corrected chi connectivity index (χ0v) is 10.4. The molecule has 0 spiro atoms. The van der Waals surface area contributed by atoms with Crippen LogP contribution >= 0.6 is 11.6 Å². The molecule has 0 N–H and O–H groups in total. The summed E-state index contributed by atoms with van der Waals surface area (Å²) in [5.74, 6) is 0.859. The van der Waals surface area contributed by atoms with Gasteiger partial charge in [-0.3, -0.25) is 4.79 Å². The predicted molar refractivity (Wildman–Crippen MR) is 67.1 cm³/mol. The molecular formula is C14H17ClO. The van der Waals surface area contributed by atoms with E-state index >= 15 is 0 Å². The average Bonchev–Trinajstić information content (AvgIpc) is 2.74. The molecule has 0 aromatic heterocycles. The van der Waals surface area contributed by atoms with Crippen molar-refractivity contribution in [2.45, 2.75) is 39.0 Å². The van der Waals surface area contributed by atoms with Gasteiger partial charge in [-0.1, -0.05) is 49.4 Å². The van der Waals surface area contributed by atoms with Crippen LogP contribution in [0.1, 0.15) is 48.0 Å². The Morgan fingerprint density at radius 3 is 2.75 bits per heavy atom. The maximum Gasteiger partial charge on any atom is 0.163 e. The molecule has 1 aliphatic rings. The highest BCUT2D eigenvalue weighted by molar-refractivity contribution is 6.31. The van der Waals surface area contributed by atoms with Crippen LogP contribution in [0.25, 0.3) is 0 Å². The summed E-state index contributed by atoms with van der Waals surface area (Å²) in [7, 11) is 0. The van der Waals surface area contributed by atoms with E-state index in [4.69, 9.17) is 11.6 Å². The van der Waals surface area contributed by atoms with E-state index in [2.05, 4.69) is 0 Å². The van der Waals surface area contributed by atoms with Crippen LogP contribution in [0.15, 0.2) is 18.2 Å². The quantitative estimate of drug-likeness (QED) is 0.711. The Bertz CT molecular complexity index is 392. The minimum Gasteiger partial charge on any atom is -0.294 e. The summed E-state index contributed by atoms with van der Waals surface area (Å²) in [4.78, 5) is 12.1. The summed E-state index contributed by atoms with van der Waals surface area (Å²) < 4.78 is 0. The number of hydrogen-bond acceptors (Lipinski definition) is 1. The Kier molecular flexibility index (Phi) is 3.65. The second-order valence-corrected chi connectivity index (χ2v) is 5.10. The van der Waals surface area contributed by atoms with Gasteiger partial charge in [-0.05, 0) is 24.5 Å². The van der Waals surface area contributed by atoms with Gasteiger partial charge in [0.25, 0.3) is 0 Å². The Morgan fingerprint density at radius 2 is 2.06 bits per heavy atom. The molecule has 0 radical (unpaired) electrons. The van der Waals surface area contributed by atoms with Crippen LogP contribution in [0.2, 0.25) is 5.02 Å². The Morgan fingerprint density at radius 1 is 1.38 bits per heavy atom. The average molecular weight is 237 g/mol. The summed E-state index contributed by atoms with van der Waals surface area (Å²) in [6, 6.07) is 5.58. The van der Waals surface area contributed by atoms with E-state index in [1.54, 1.807) is 0 Å². The maximum atomic E-state index is 12.1. The molecule has 0 atom stereocenters. The van der Waals surface area contributed by atoms with Gasteiger partial charge in [0.2, 0.25) is 0 Å². The predicted octanol–water partition coefficient (Wildman–Crippen LogP) is 4.41. The topological polar surface area (TPSA) is 17.1 Å². The van der Waals surface area contributed by atoms with Crippen LogP contribution in [0, 0.1) is 12.8 Å². The molecule has 0 unspecified atom stereocenters. The lowest BCUT2D eigenvalue weighted by Crippen LogP contribution is -2.07. The van der Waals surface area contributed by atoms with Crippen molar-refractivity contribution < 1.29 is 4.79 Å². The fourth-order valence-electron chi connectivity index (χ4n) is 2.50. The summed E-state index contributed by atoms with van der Waals surface area (Å²) in [5.41, 5.74) is 1.73. The molecule has 0 heterocycles. The van der Waals surface area contributed by atoms with Gasteiger partial charge in [-0.2, -0.15) is 0 Å². The summed E-state index contributed by atoms with van der Waals surface area (Å²) in [5, 5.41) is 0.692. The van der Waals surface area contributed by atoms with Crippen molar-refractivity contribution in [2.75, 3.05) is 0 Å². The van der Waals surface area contributed by atoms with E-state index in [0.29, 0.717) is 17.4 Å². The first-order valence-corrected chi connectivity index (χ1v) is 6.34. The van der Waals surface area contributed by atoms with E-state index < -0.39 is 0 Å². The van der Waals surface area contributed by atoms with Crippen molar-refractivity contribution in [1.82, 2.24) is 0 Å². The lowest BCUT2D eigenvalue weighted by molar-refractivity contribution is 0.0961. The van der Waals surface area contributed by atoms with Gasteiger partial charge in [0, 0.05) is 17.0 Å². The molecular weight excluding hydrogens is 220 g/mol. The molecule has 2 rings (SSSR count). The molecule has 0 bridgehead atoms. The van der Waals surface area contributed by atoms with Crippen LogP contribution in [0.5, 0.6) is 0 Å². The third-order valence-electron chi connectivity index (χ3n) is 3.52. The van der Waals surface area contributed by atoms with Crippen molar-refractivity contribution >= 4 is 17.4 Å². The van der Waals surface area contributed by atoms with E-state index in [0.717, 1.165) is 11.1 Å². The standard InChI is InChI=1S/C14H17ClO/c1-10-12(7-4-8-13(10)15)14(16)9-11-5-2-3-6-11/h4,7-8,11H,2-3,5-6,9H2,1H3. The third kappa shape index (κ3) is 2.46. The van der Waals surface area contributed by atoms with Crippen LogP contribution in [-0.2, 0) is 0 Å². The SMILES string of the molecule is Cc1c(Cl)cccc1C(=O)CC1CCCC1. The molecule has 16 heavy (non-hydrogen) atoms. The van der Waals surface area contributed by atoms with Gasteiger partial charge in [0.15, 0.2) is 5.78 Å². The van der Waals surface area contributed by atoms with Crippen LogP contribution in [0.4, 0.5) is 0 Å². The van der Waals surface area contributed by atoms with E-state index in [1.165, 1.54) is 25.7 Å². The van der Waals surface area contributed by atoms with E-state index in [-0.39, 0.29) is 5.78 Å². The number of carbonyl (C=O) groups is 1. The maximum absolute atomic E-state index is 12.1. The second kappa shape index (κ2) is 5.01. The smallest absolute Gasteiger partial charge is 0.163 e. The summed E-state index contributed by atoms with van der Waals surface area (Å²) in [6.07, 6.45) is 5.69. The Balaban J connectivity index is 2.11. The minimum absolute atomic E-state index is 0.256. The van der Waals surface area contributed by atoms with E-state index in [1.807, 2.05) is 25.1 Å². The number of rotatable bonds is 3. The first kappa shape index (κ1) is 11.7. The number of carbonyl (C=O) groups excluding carboxylic acids is 1. The first-order valence-electron chi connectivity index (χ1n) is 5.97. The van der Waals surface area contributed by atoms with Crippen molar-refractivity contribution in [3.8, 4) is 0 Å². The van der Waals surface area contributed by atoms with Crippen molar-refractivity contribution in [3.05, 3.63) is 34.3 Å². The number of benzene rings is 1. The number of hydrogen-bond donors (Lipinski definition) is 0. The highest BCUT2D eigenvalue weighted by atomic mass is 35.5. The summed E-state index contributed by atoms with van der Waals surface area (Å²) in [6.45, 7) is 1.92.